The summed E-state index contributed by atoms with van der Waals surface area (Å²) in [6.07, 6.45) is 0.487. The van der Waals surface area contributed by atoms with Crippen molar-refractivity contribution in [2.75, 3.05) is 15.8 Å². The fourth-order valence-electron chi connectivity index (χ4n) is 2.00. The molecule has 2 aromatic rings. The maximum absolute atomic E-state index is 13.1. The number of carbonyl (C=O) groups is 1. The Morgan fingerprint density at radius 3 is 2.58 bits per heavy atom. The molecule has 0 aliphatic heterocycles. The maximum Gasteiger partial charge on any atom is 0.255 e. The van der Waals surface area contributed by atoms with Gasteiger partial charge in [-0.1, -0.05) is 24.6 Å². The second kappa shape index (κ2) is 7.63. The highest BCUT2D eigenvalue weighted by atomic mass is 35.5. The molecule has 1 amide bonds. The monoisotopic (exact) mass is 370 g/mol. The van der Waals surface area contributed by atoms with Crippen LogP contribution >= 0.6 is 11.6 Å². The molecule has 128 valence electrons. The number of nitrogens with one attached hydrogen (secondary N) is 2. The number of rotatable bonds is 6. The molecule has 0 atom stereocenters. The number of halogens is 2. The first-order valence-electron chi connectivity index (χ1n) is 7.17. The fraction of sp³-hybridized carbons (Fsp3) is 0.188. The van der Waals surface area contributed by atoms with Gasteiger partial charge in [0.2, 0.25) is 10.0 Å². The standard InChI is InChI=1S/C16H16ClFN2O3S/c1-2-8-24(22,23)20-13-5-3-4-11(9-13)16(21)19-12-6-7-15(18)14(17)10-12/h3-7,9-10,20H,2,8H2,1H3,(H,19,21). The molecular weight excluding hydrogens is 355 g/mol. The van der Waals surface area contributed by atoms with E-state index in [9.17, 15) is 17.6 Å². The lowest BCUT2D eigenvalue weighted by atomic mass is 10.2. The Bertz CT molecular complexity index is 856. The van der Waals surface area contributed by atoms with Crippen LogP contribution in [0.4, 0.5) is 15.8 Å². The van der Waals surface area contributed by atoms with Crippen molar-refractivity contribution < 1.29 is 17.6 Å². The Balaban J connectivity index is 2.15. The van der Waals surface area contributed by atoms with Gasteiger partial charge >= 0.3 is 0 Å². The molecular formula is C16H16ClFN2O3S. The smallest absolute Gasteiger partial charge is 0.255 e. The fourth-order valence-corrected chi connectivity index (χ4v) is 3.31. The van der Waals surface area contributed by atoms with Crippen LogP contribution in [0.3, 0.4) is 0 Å². The zero-order valence-electron chi connectivity index (χ0n) is 12.8. The zero-order chi connectivity index (χ0) is 17.7. The predicted molar refractivity (Wildman–Crippen MR) is 93.5 cm³/mol. The summed E-state index contributed by atoms with van der Waals surface area (Å²) in [5.41, 5.74) is 0.892. The topological polar surface area (TPSA) is 75.3 Å². The maximum atomic E-state index is 13.1. The first-order chi connectivity index (χ1) is 11.3. The number of hydrogen-bond acceptors (Lipinski definition) is 3. The Labute approximate surface area is 144 Å². The SMILES string of the molecule is CCCS(=O)(=O)Nc1cccc(C(=O)Nc2ccc(F)c(Cl)c2)c1. The zero-order valence-corrected chi connectivity index (χ0v) is 14.4. The van der Waals surface area contributed by atoms with E-state index in [2.05, 4.69) is 10.0 Å². The molecule has 8 heteroatoms. The van der Waals surface area contributed by atoms with E-state index >= 15 is 0 Å². The van der Waals surface area contributed by atoms with Gasteiger partial charge in [0.25, 0.3) is 5.91 Å². The number of sulfonamides is 1. The van der Waals surface area contributed by atoms with E-state index in [1.165, 1.54) is 24.3 Å². The van der Waals surface area contributed by atoms with E-state index in [-0.39, 0.29) is 16.3 Å². The minimum absolute atomic E-state index is 0.00248. The highest BCUT2D eigenvalue weighted by Gasteiger charge is 2.12. The Kier molecular flexibility index (Phi) is 5.80. The molecule has 0 saturated carbocycles. The largest absolute Gasteiger partial charge is 0.322 e. The van der Waals surface area contributed by atoms with E-state index in [0.29, 0.717) is 17.8 Å². The lowest BCUT2D eigenvalue weighted by Crippen LogP contribution is -2.17. The van der Waals surface area contributed by atoms with Gasteiger partial charge < -0.3 is 5.32 Å². The molecule has 24 heavy (non-hydrogen) atoms. The van der Waals surface area contributed by atoms with Gasteiger partial charge in [-0.3, -0.25) is 9.52 Å². The van der Waals surface area contributed by atoms with Crippen molar-refractivity contribution in [3.8, 4) is 0 Å². The molecule has 2 rings (SSSR count). The molecule has 0 heterocycles. The Hall–Kier alpha value is -2.12. The minimum Gasteiger partial charge on any atom is -0.322 e. The quantitative estimate of drug-likeness (QED) is 0.810. The van der Waals surface area contributed by atoms with Crippen LogP contribution in [0.15, 0.2) is 42.5 Å². The number of carbonyl (C=O) groups excluding carboxylic acids is 1. The van der Waals surface area contributed by atoms with Crippen LogP contribution in [0, 0.1) is 5.82 Å². The van der Waals surface area contributed by atoms with Crippen LogP contribution in [0.25, 0.3) is 0 Å². The van der Waals surface area contributed by atoms with Gasteiger partial charge in [0, 0.05) is 16.9 Å². The van der Waals surface area contributed by atoms with Crippen LogP contribution in [0.5, 0.6) is 0 Å². The van der Waals surface area contributed by atoms with Crippen molar-refractivity contribution in [3.63, 3.8) is 0 Å². The summed E-state index contributed by atoms with van der Waals surface area (Å²) < 4.78 is 39.1. The van der Waals surface area contributed by atoms with E-state index in [1.54, 1.807) is 19.1 Å². The van der Waals surface area contributed by atoms with E-state index in [0.717, 1.165) is 6.07 Å². The summed E-state index contributed by atoms with van der Waals surface area (Å²) in [6.45, 7) is 1.76. The summed E-state index contributed by atoms with van der Waals surface area (Å²) in [5, 5.41) is 2.47. The van der Waals surface area contributed by atoms with Crippen LogP contribution in [0.1, 0.15) is 23.7 Å². The van der Waals surface area contributed by atoms with Gasteiger partial charge in [-0.05, 0) is 42.8 Å². The van der Waals surface area contributed by atoms with Gasteiger partial charge in [-0.2, -0.15) is 0 Å². The molecule has 0 radical (unpaired) electrons. The van der Waals surface area contributed by atoms with Crippen molar-refractivity contribution in [1.82, 2.24) is 0 Å². The third-order valence-corrected chi connectivity index (χ3v) is 4.83. The Morgan fingerprint density at radius 2 is 1.92 bits per heavy atom. The third kappa shape index (κ3) is 4.94. The molecule has 0 fully saturated rings. The van der Waals surface area contributed by atoms with E-state index < -0.39 is 21.7 Å². The first-order valence-corrected chi connectivity index (χ1v) is 9.20. The second-order valence-corrected chi connectivity index (χ2v) is 7.33. The summed E-state index contributed by atoms with van der Waals surface area (Å²) in [5.74, 6) is -1.05. The van der Waals surface area contributed by atoms with Crippen LogP contribution in [-0.4, -0.2) is 20.1 Å². The molecule has 0 aliphatic carbocycles. The summed E-state index contributed by atoms with van der Waals surface area (Å²) >= 11 is 5.67. The number of benzene rings is 2. The van der Waals surface area contributed by atoms with E-state index in [4.69, 9.17) is 11.6 Å². The number of hydrogen-bond donors (Lipinski definition) is 2. The molecule has 2 N–H and O–H groups in total. The lowest BCUT2D eigenvalue weighted by Gasteiger charge is -2.09. The Morgan fingerprint density at radius 1 is 1.17 bits per heavy atom. The van der Waals surface area contributed by atoms with Gasteiger partial charge in [-0.15, -0.1) is 0 Å². The highest BCUT2D eigenvalue weighted by Crippen LogP contribution is 2.20. The summed E-state index contributed by atoms with van der Waals surface area (Å²) in [6, 6.07) is 9.91. The van der Waals surface area contributed by atoms with Gasteiger partial charge in [0.1, 0.15) is 5.82 Å². The van der Waals surface area contributed by atoms with Crippen molar-refractivity contribution in [1.29, 1.82) is 0 Å². The third-order valence-electron chi connectivity index (χ3n) is 3.05. The molecule has 0 aliphatic rings. The molecule has 0 aromatic heterocycles. The molecule has 0 unspecified atom stereocenters. The summed E-state index contributed by atoms with van der Waals surface area (Å²) in [4.78, 5) is 12.2. The van der Waals surface area contributed by atoms with Gasteiger partial charge in [0.05, 0.1) is 10.8 Å². The van der Waals surface area contributed by atoms with Crippen LogP contribution in [-0.2, 0) is 10.0 Å². The average molecular weight is 371 g/mol. The predicted octanol–water partition coefficient (Wildman–Crippen LogP) is 3.88. The van der Waals surface area contributed by atoms with Crippen LogP contribution < -0.4 is 10.0 Å². The van der Waals surface area contributed by atoms with Crippen molar-refractivity contribution in [2.24, 2.45) is 0 Å². The van der Waals surface area contributed by atoms with Crippen molar-refractivity contribution in [2.45, 2.75) is 13.3 Å². The average Bonchev–Trinajstić information content (AvgIpc) is 2.50. The van der Waals surface area contributed by atoms with Crippen molar-refractivity contribution >= 4 is 38.9 Å². The van der Waals surface area contributed by atoms with Gasteiger partial charge in [0.15, 0.2) is 0 Å². The first kappa shape index (κ1) is 18.2. The molecule has 0 bridgehead atoms. The second-order valence-electron chi connectivity index (χ2n) is 5.08. The van der Waals surface area contributed by atoms with Crippen LogP contribution in [0.2, 0.25) is 5.02 Å². The number of amides is 1. The molecule has 0 saturated heterocycles. The van der Waals surface area contributed by atoms with Crippen molar-refractivity contribution in [3.05, 3.63) is 58.9 Å². The highest BCUT2D eigenvalue weighted by molar-refractivity contribution is 7.92. The lowest BCUT2D eigenvalue weighted by molar-refractivity contribution is 0.102. The van der Waals surface area contributed by atoms with E-state index in [1.807, 2.05) is 0 Å². The minimum atomic E-state index is -3.44. The molecule has 0 spiro atoms. The summed E-state index contributed by atoms with van der Waals surface area (Å²) in [7, 11) is -3.44. The normalized spacial score (nSPS) is 11.1. The molecule has 2 aromatic carbocycles. The molecule has 5 nitrogen and oxygen atoms in total. The number of anilines is 2. The van der Waals surface area contributed by atoms with Gasteiger partial charge in [-0.25, -0.2) is 12.8 Å².